The number of nitrogen functional groups attached to an aromatic ring is 1. The van der Waals surface area contributed by atoms with E-state index in [1.807, 2.05) is 29.6 Å². The van der Waals surface area contributed by atoms with Gasteiger partial charge in [-0.15, -0.1) is 11.3 Å². The minimum atomic E-state index is 0.676. The number of aromatic amines is 1. The highest BCUT2D eigenvalue weighted by Gasteiger charge is 2.06. The summed E-state index contributed by atoms with van der Waals surface area (Å²) in [6.45, 7) is 0. The van der Waals surface area contributed by atoms with E-state index < -0.39 is 0 Å². The van der Waals surface area contributed by atoms with Gasteiger partial charge in [0.15, 0.2) is 5.82 Å². The van der Waals surface area contributed by atoms with Gasteiger partial charge < -0.3 is 5.73 Å². The Morgan fingerprint density at radius 2 is 2.00 bits per heavy atom. The Hall–Kier alpha value is -2.21. The maximum atomic E-state index is 5.66. The number of rotatable bonds is 4. The number of aromatic nitrogens is 4. The van der Waals surface area contributed by atoms with E-state index in [0.717, 1.165) is 34.3 Å². The van der Waals surface area contributed by atoms with Gasteiger partial charge in [0.25, 0.3) is 0 Å². The highest BCUT2D eigenvalue weighted by atomic mass is 32.1. The highest BCUT2D eigenvalue weighted by molar-refractivity contribution is 7.09. The summed E-state index contributed by atoms with van der Waals surface area (Å²) in [7, 11) is 0. The maximum absolute atomic E-state index is 5.66. The van der Waals surface area contributed by atoms with Crippen molar-refractivity contribution >= 4 is 17.0 Å². The van der Waals surface area contributed by atoms with Gasteiger partial charge in [-0.05, 0) is 17.7 Å². The smallest absolute Gasteiger partial charge is 0.157 e. The highest BCUT2D eigenvalue weighted by Crippen LogP contribution is 2.11. The van der Waals surface area contributed by atoms with Crippen LogP contribution in [-0.2, 0) is 12.8 Å². The van der Waals surface area contributed by atoms with Crippen molar-refractivity contribution in [2.45, 2.75) is 12.8 Å². The van der Waals surface area contributed by atoms with E-state index >= 15 is 0 Å². The summed E-state index contributed by atoms with van der Waals surface area (Å²) in [5.41, 5.74) is 7.59. The van der Waals surface area contributed by atoms with Crippen LogP contribution in [0, 0.1) is 0 Å². The summed E-state index contributed by atoms with van der Waals surface area (Å²) >= 11 is 1.61. The Kier molecular flexibility index (Phi) is 3.24. The van der Waals surface area contributed by atoms with E-state index in [9.17, 15) is 0 Å². The molecule has 0 atom stereocenters. The van der Waals surface area contributed by atoms with Crippen molar-refractivity contribution in [1.29, 1.82) is 0 Å². The van der Waals surface area contributed by atoms with Crippen molar-refractivity contribution in [3.05, 3.63) is 58.1 Å². The molecule has 3 rings (SSSR count). The first-order chi connectivity index (χ1) is 9.29. The van der Waals surface area contributed by atoms with Crippen LogP contribution < -0.4 is 5.73 Å². The average Bonchev–Trinajstić information content (AvgIpc) is 3.05. The van der Waals surface area contributed by atoms with Crippen LogP contribution in [0.5, 0.6) is 0 Å². The molecule has 96 valence electrons. The molecule has 3 N–H and O–H groups in total. The second-order valence-corrected chi connectivity index (χ2v) is 5.20. The molecule has 0 saturated carbocycles. The Labute approximate surface area is 114 Å². The van der Waals surface area contributed by atoms with Crippen molar-refractivity contribution in [2.24, 2.45) is 0 Å². The van der Waals surface area contributed by atoms with Crippen molar-refractivity contribution in [2.75, 3.05) is 5.73 Å². The fourth-order valence-electron chi connectivity index (χ4n) is 1.80. The number of anilines is 1. The SMILES string of the molecule is Nc1ccc(Cc2nc(Cc3nccs3)n[nH]2)cc1. The molecule has 1 aromatic carbocycles. The molecule has 5 nitrogen and oxygen atoms in total. The Morgan fingerprint density at radius 1 is 1.16 bits per heavy atom. The van der Waals surface area contributed by atoms with Crippen LogP contribution in [0.3, 0.4) is 0 Å². The van der Waals surface area contributed by atoms with Gasteiger partial charge in [-0.2, -0.15) is 5.10 Å². The molecule has 0 aliphatic rings. The molecule has 2 aromatic heterocycles. The Bertz CT molecular complexity index is 642. The van der Waals surface area contributed by atoms with E-state index in [4.69, 9.17) is 5.73 Å². The lowest BCUT2D eigenvalue weighted by molar-refractivity contribution is 0.953. The molecule has 2 heterocycles. The molecule has 0 amide bonds. The summed E-state index contributed by atoms with van der Waals surface area (Å²) in [4.78, 5) is 8.70. The minimum Gasteiger partial charge on any atom is -0.399 e. The second kappa shape index (κ2) is 5.19. The third-order valence-electron chi connectivity index (χ3n) is 2.72. The minimum absolute atomic E-state index is 0.676. The normalized spacial score (nSPS) is 10.7. The van der Waals surface area contributed by atoms with Gasteiger partial charge >= 0.3 is 0 Å². The molecule has 0 aliphatic heterocycles. The van der Waals surface area contributed by atoms with Gasteiger partial charge in [-0.1, -0.05) is 12.1 Å². The lowest BCUT2D eigenvalue weighted by Gasteiger charge is -1.98. The molecule has 0 fully saturated rings. The first-order valence-electron chi connectivity index (χ1n) is 5.92. The van der Waals surface area contributed by atoms with Crippen LogP contribution in [0.2, 0.25) is 0 Å². The Balaban J connectivity index is 1.69. The first kappa shape index (κ1) is 11.9. The second-order valence-electron chi connectivity index (χ2n) is 4.22. The van der Waals surface area contributed by atoms with Gasteiger partial charge in [-0.3, -0.25) is 5.10 Å². The van der Waals surface area contributed by atoms with E-state index in [0.29, 0.717) is 6.42 Å². The molecule has 0 unspecified atom stereocenters. The number of nitrogens with one attached hydrogen (secondary N) is 1. The Morgan fingerprint density at radius 3 is 2.74 bits per heavy atom. The first-order valence-corrected chi connectivity index (χ1v) is 6.80. The van der Waals surface area contributed by atoms with Gasteiger partial charge in [0, 0.05) is 23.7 Å². The van der Waals surface area contributed by atoms with Crippen LogP contribution in [0.4, 0.5) is 5.69 Å². The summed E-state index contributed by atoms with van der Waals surface area (Å²) in [5.74, 6) is 1.64. The largest absolute Gasteiger partial charge is 0.399 e. The zero-order valence-corrected chi connectivity index (χ0v) is 11.0. The van der Waals surface area contributed by atoms with E-state index in [-0.39, 0.29) is 0 Å². The molecule has 0 spiro atoms. The quantitative estimate of drug-likeness (QED) is 0.711. The molecular weight excluding hydrogens is 258 g/mol. The molecule has 6 heteroatoms. The van der Waals surface area contributed by atoms with Gasteiger partial charge in [0.2, 0.25) is 0 Å². The van der Waals surface area contributed by atoms with Crippen LogP contribution in [0.15, 0.2) is 35.8 Å². The summed E-state index contributed by atoms with van der Waals surface area (Å²) in [6.07, 6.45) is 3.20. The molecular formula is C13H13N5S. The topological polar surface area (TPSA) is 80.5 Å². The average molecular weight is 271 g/mol. The number of thiazole rings is 1. The summed E-state index contributed by atoms with van der Waals surface area (Å²) < 4.78 is 0. The van der Waals surface area contributed by atoms with Crippen molar-refractivity contribution in [3.63, 3.8) is 0 Å². The van der Waals surface area contributed by atoms with Crippen LogP contribution in [-0.4, -0.2) is 20.2 Å². The third kappa shape index (κ3) is 2.97. The summed E-state index contributed by atoms with van der Waals surface area (Å²) in [6, 6.07) is 7.78. The third-order valence-corrected chi connectivity index (χ3v) is 3.50. The number of hydrogen-bond donors (Lipinski definition) is 2. The number of nitrogens with zero attached hydrogens (tertiary/aromatic N) is 3. The number of nitrogens with two attached hydrogens (primary N) is 1. The zero-order chi connectivity index (χ0) is 13.1. The van der Waals surface area contributed by atoms with Crippen molar-refractivity contribution in [3.8, 4) is 0 Å². The standard InChI is InChI=1S/C13H13N5S/c14-10-3-1-9(2-4-10)7-11-16-12(18-17-11)8-13-15-5-6-19-13/h1-6H,7-8,14H2,(H,16,17,18). The maximum Gasteiger partial charge on any atom is 0.157 e. The van der Waals surface area contributed by atoms with E-state index in [2.05, 4.69) is 20.2 Å². The van der Waals surface area contributed by atoms with Crippen LogP contribution in [0.25, 0.3) is 0 Å². The number of hydrogen-bond acceptors (Lipinski definition) is 5. The predicted octanol–water partition coefficient (Wildman–Crippen LogP) is 2.02. The lowest BCUT2D eigenvalue weighted by atomic mass is 10.1. The molecule has 0 bridgehead atoms. The monoisotopic (exact) mass is 271 g/mol. The van der Waals surface area contributed by atoms with Crippen molar-refractivity contribution in [1.82, 2.24) is 20.2 Å². The van der Waals surface area contributed by atoms with Crippen molar-refractivity contribution < 1.29 is 0 Å². The lowest BCUT2D eigenvalue weighted by Crippen LogP contribution is -1.93. The number of benzene rings is 1. The molecule has 3 aromatic rings. The van der Waals surface area contributed by atoms with E-state index in [1.54, 1.807) is 17.5 Å². The molecule has 0 radical (unpaired) electrons. The van der Waals surface area contributed by atoms with Gasteiger partial charge in [-0.25, -0.2) is 9.97 Å². The molecule has 19 heavy (non-hydrogen) atoms. The van der Waals surface area contributed by atoms with E-state index in [1.165, 1.54) is 0 Å². The fraction of sp³-hybridized carbons (Fsp3) is 0.154. The van der Waals surface area contributed by atoms with Crippen LogP contribution >= 0.6 is 11.3 Å². The molecule has 0 aliphatic carbocycles. The zero-order valence-electron chi connectivity index (χ0n) is 10.2. The van der Waals surface area contributed by atoms with Crippen LogP contribution in [0.1, 0.15) is 22.2 Å². The fourth-order valence-corrected chi connectivity index (χ4v) is 2.41. The number of H-pyrrole nitrogens is 1. The molecule has 0 saturated heterocycles. The van der Waals surface area contributed by atoms with Gasteiger partial charge in [0.1, 0.15) is 10.8 Å². The summed E-state index contributed by atoms with van der Waals surface area (Å²) in [5, 5.41) is 10.2. The van der Waals surface area contributed by atoms with Gasteiger partial charge in [0.05, 0.1) is 6.42 Å². The predicted molar refractivity (Wildman–Crippen MR) is 75.0 cm³/mol.